The van der Waals surface area contributed by atoms with Crippen LogP contribution in [-0.2, 0) is 7.05 Å². The molecule has 0 spiro atoms. The first-order chi connectivity index (χ1) is 14.2. The lowest BCUT2D eigenvalue weighted by Gasteiger charge is -2.08. The van der Waals surface area contributed by atoms with E-state index in [1.807, 2.05) is 12.3 Å². The lowest BCUT2D eigenvalue weighted by molar-refractivity contribution is -0.659. The van der Waals surface area contributed by atoms with E-state index in [0.717, 1.165) is 33.0 Å². The molecule has 3 nitrogen and oxygen atoms in total. The lowest BCUT2D eigenvalue weighted by atomic mass is 9.96. The molecule has 0 saturated carbocycles. The van der Waals surface area contributed by atoms with Crippen molar-refractivity contribution in [3.63, 3.8) is 0 Å². The molecule has 3 heterocycles. The quantitative estimate of drug-likeness (QED) is 0.326. The summed E-state index contributed by atoms with van der Waals surface area (Å²) in [6.45, 7) is 2.15. The summed E-state index contributed by atoms with van der Waals surface area (Å²) in [5, 5.41) is 6.93. The summed E-state index contributed by atoms with van der Waals surface area (Å²) < 4.78 is 8.59. The van der Waals surface area contributed by atoms with E-state index < -0.39 is 0 Å². The third-order valence-electron chi connectivity index (χ3n) is 5.88. The Morgan fingerprint density at radius 1 is 0.793 bits per heavy atom. The first kappa shape index (κ1) is 16.3. The maximum absolute atomic E-state index is 6.41. The van der Waals surface area contributed by atoms with Crippen LogP contribution in [0, 0.1) is 6.92 Å². The van der Waals surface area contributed by atoms with E-state index in [9.17, 15) is 0 Å². The summed E-state index contributed by atoms with van der Waals surface area (Å²) in [5.41, 5.74) is 5.07. The summed E-state index contributed by atoms with van der Waals surface area (Å²) in [4.78, 5) is 4.62. The van der Waals surface area contributed by atoms with Crippen LogP contribution in [-0.4, -0.2) is 4.98 Å². The van der Waals surface area contributed by atoms with Crippen LogP contribution in [0.3, 0.4) is 0 Å². The number of fused-ring (bicyclic) bond motifs is 6. The number of hydrogen-bond acceptors (Lipinski definition) is 2. The van der Waals surface area contributed by atoms with Crippen molar-refractivity contribution in [1.29, 1.82) is 0 Å². The summed E-state index contributed by atoms with van der Waals surface area (Å²) in [7, 11) is 2.09. The molecule has 3 heteroatoms. The fraction of sp³-hybridized carbons (Fsp3) is 0.0769. The van der Waals surface area contributed by atoms with Crippen LogP contribution in [0.15, 0.2) is 83.5 Å². The number of pyridine rings is 2. The topological polar surface area (TPSA) is 29.9 Å². The molecule has 138 valence electrons. The highest BCUT2D eigenvalue weighted by molar-refractivity contribution is 6.20. The van der Waals surface area contributed by atoms with E-state index in [-0.39, 0.29) is 0 Å². The average Bonchev–Trinajstić information content (AvgIpc) is 3.13. The number of aryl methyl sites for hydroxylation is 2. The summed E-state index contributed by atoms with van der Waals surface area (Å²) >= 11 is 0. The molecular formula is C26H19N2O+. The molecule has 29 heavy (non-hydrogen) atoms. The second-order valence-electron chi connectivity index (χ2n) is 7.62. The van der Waals surface area contributed by atoms with Gasteiger partial charge in [0.05, 0.1) is 16.3 Å². The van der Waals surface area contributed by atoms with Gasteiger partial charge in [-0.15, -0.1) is 0 Å². The van der Waals surface area contributed by atoms with Crippen LogP contribution in [0.1, 0.15) is 5.56 Å². The molecule has 0 aliphatic carbocycles. The summed E-state index contributed by atoms with van der Waals surface area (Å²) in [6, 6.07) is 23.4. The SMILES string of the molecule is Cc1ccc2c(oc3ncc4ccccc4c32)c1-c1c2ccccc2cc[n+]1C. The molecule has 6 rings (SSSR count). The van der Waals surface area contributed by atoms with Gasteiger partial charge in [-0.3, -0.25) is 0 Å². The van der Waals surface area contributed by atoms with E-state index in [1.54, 1.807) is 0 Å². The third kappa shape index (κ3) is 2.24. The Balaban J connectivity index is 1.83. The molecule has 0 bridgehead atoms. The first-order valence-electron chi connectivity index (χ1n) is 9.80. The van der Waals surface area contributed by atoms with Gasteiger partial charge >= 0.3 is 0 Å². The molecular weight excluding hydrogens is 356 g/mol. The van der Waals surface area contributed by atoms with Crippen LogP contribution >= 0.6 is 0 Å². The Bertz CT molecular complexity index is 1580. The number of furan rings is 1. The summed E-state index contributed by atoms with van der Waals surface area (Å²) in [5.74, 6) is 0. The van der Waals surface area contributed by atoms with Crippen molar-refractivity contribution >= 4 is 43.6 Å². The van der Waals surface area contributed by atoms with Crippen molar-refractivity contribution in [2.75, 3.05) is 0 Å². The minimum Gasteiger partial charge on any atom is -0.437 e. The van der Waals surface area contributed by atoms with Crippen molar-refractivity contribution in [2.24, 2.45) is 7.05 Å². The Hall–Kier alpha value is -3.72. The Kier molecular flexibility index (Phi) is 3.30. The predicted octanol–water partition coefficient (Wildman–Crippen LogP) is 6.09. The molecule has 0 radical (unpaired) electrons. The molecule has 0 aliphatic rings. The van der Waals surface area contributed by atoms with Gasteiger partial charge in [0.2, 0.25) is 11.4 Å². The van der Waals surface area contributed by atoms with E-state index >= 15 is 0 Å². The molecule has 3 aromatic carbocycles. The molecule has 0 aliphatic heterocycles. The molecule has 3 aromatic heterocycles. The van der Waals surface area contributed by atoms with E-state index in [4.69, 9.17) is 4.42 Å². The lowest BCUT2D eigenvalue weighted by Crippen LogP contribution is -2.30. The zero-order chi connectivity index (χ0) is 19.5. The van der Waals surface area contributed by atoms with Gasteiger partial charge in [0.25, 0.3) is 0 Å². The number of nitrogens with zero attached hydrogens (tertiary/aromatic N) is 2. The molecule has 0 atom stereocenters. The molecule has 0 fully saturated rings. The minimum absolute atomic E-state index is 0.688. The second kappa shape index (κ2) is 5.89. The van der Waals surface area contributed by atoms with Gasteiger partial charge in [0, 0.05) is 23.0 Å². The molecule has 0 saturated heterocycles. The third-order valence-corrected chi connectivity index (χ3v) is 5.88. The fourth-order valence-electron chi connectivity index (χ4n) is 4.48. The van der Waals surface area contributed by atoms with Crippen LogP contribution in [0.5, 0.6) is 0 Å². The standard InChI is InChI=1S/C26H19N2O/c1-16-11-12-21-23-19-9-5-4-8-18(19)15-27-26(23)29-25(21)22(16)24-20-10-6-3-7-17(20)13-14-28(24)2/h3-15H,1-2H3/q+1. The number of aromatic nitrogens is 2. The maximum Gasteiger partial charge on any atom is 0.227 e. The number of benzene rings is 3. The smallest absolute Gasteiger partial charge is 0.227 e. The van der Waals surface area contributed by atoms with Gasteiger partial charge in [0.1, 0.15) is 7.05 Å². The minimum atomic E-state index is 0.688. The van der Waals surface area contributed by atoms with Gasteiger partial charge in [0.15, 0.2) is 11.8 Å². The van der Waals surface area contributed by atoms with Crippen molar-refractivity contribution < 1.29 is 8.98 Å². The number of rotatable bonds is 1. The predicted molar refractivity (Wildman–Crippen MR) is 118 cm³/mol. The van der Waals surface area contributed by atoms with Gasteiger partial charge in [-0.1, -0.05) is 54.6 Å². The number of hydrogen-bond donors (Lipinski definition) is 0. The van der Waals surface area contributed by atoms with E-state index in [1.165, 1.54) is 21.7 Å². The average molecular weight is 375 g/mol. The van der Waals surface area contributed by atoms with E-state index in [2.05, 4.69) is 90.4 Å². The monoisotopic (exact) mass is 375 g/mol. The highest BCUT2D eigenvalue weighted by Crippen LogP contribution is 2.40. The maximum atomic E-state index is 6.41. The van der Waals surface area contributed by atoms with Gasteiger partial charge in [-0.05, 0) is 29.3 Å². The van der Waals surface area contributed by atoms with Crippen LogP contribution in [0.4, 0.5) is 0 Å². The molecule has 6 aromatic rings. The van der Waals surface area contributed by atoms with Gasteiger partial charge in [-0.2, -0.15) is 0 Å². The summed E-state index contributed by atoms with van der Waals surface area (Å²) in [6.07, 6.45) is 4.01. The van der Waals surface area contributed by atoms with Gasteiger partial charge in [-0.25, -0.2) is 9.55 Å². The Labute approximate surface area is 167 Å². The first-order valence-corrected chi connectivity index (χ1v) is 9.80. The zero-order valence-electron chi connectivity index (χ0n) is 16.3. The largest absolute Gasteiger partial charge is 0.437 e. The Morgan fingerprint density at radius 3 is 2.41 bits per heavy atom. The molecule has 0 N–H and O–H groups in total. The van der Waals surface area contributed by atoms with Crippen molar-refractivity contribution in [2.45, 2.75) is 6.92 Å². The van der Waals surface area contributed by atoms with E-state index in [0.29, 0.717) is 5.71 Å². The van der Waals surface area contributed by atoms with Crippen LogP contribution < -0.4 is 4.57 Å². The van der Waals surface area contributed by atoms with Crippen LogP contribution in [0.25, 0.3) is 54.9 Å². The van der Waals surface area contributed by atoms with Crippen molar-refractivity contribution in [3.05, 3.63) is 84.7 Å². The van der Waals surface area contributed by atoms with Crippen LogP contribution in [0.2, 0.25) is 0 Å². The van der Waals surface area contributed by atoms with Gasteiger partial charge < -0.3 is 4.42 Å². The Morgan fingerprint density at radius 2 is 1.55 bits per heavy atom. The van der Waals surface area contributed by atoms with Crippen molar-refractivity contribution in [3.8, 4) is 11.3 Å². The zero-order valence-corrected chi connectivity index (χ0v) is 16.3. The van der Waals surface area contributed by atoms with Crippen molar-refractivity contribution in [1.82, 2.24) is 4.98 Å². The highest BCUT2D eigenvalue weighted by Gasteiger charge is 2.24. The molecule has 0 amide bonds. The second-order valence-corrected chi connectivity index (χ2v) is 7.62. The normalized spacial score (nSPS) is 11.8. The highest BCUT2D eigenvalue weighted by atomic mass is 16.3. The fourth-order valence-corrected chi connectivity index (χ4v) is 4.48. The molecule has 0 unspecified atom stereocenters.